The van der Waals surface area contributed by atoms with E-state index in [4.69, 9.17) is 0 Å². The average molecular weight is 290 g/mol. The number of carbonyl (C=O) groups excluding carboxylic acids is 1. The van der Waals surface area contributed by atoms with Gasteiger partial charge in [0, 0.05) is 18.3 Å². The molecular weight excluding hydrogens is 263 g/mol. The third-order valence-electron chi connectivity index (χ3n) is 7.75. The Balaban J connectivity index is 1.69. The van der Waals surface area contributed by atoms with Crippen molar-refractivity contribution in [3.8, 4) is 0 Å². The lowest BCUT2D eigenvalue weighted by Crippen LogP contribution is -2.50. The maximum absolute atomic E-state index is 13.8. The van der Waals surface area contributed by atoms with Crippen LogP contribution in [0.4, 0.5) is 4.39 Å². The predicted octanol–water partition coefficient (Wildman–Crippen LogP) is 4.86. The lowest BCUT2D eigenvalue weighted by molar-refractivity contribution is -0.131. The number of hydrogen-bond donors (Lipinski definition) is 0. The molecule has 0 aromatic rings. The van der Waals surface area contributed by atoms with Gasteiger partial charge in [-0.1, -0.05) is 25.5 Å². The topological polar surface area (TPSA) is 17.1 Å². The van der Waals surface area contributed by atoms with E-state index in [-0.39, 0.29) is 10.8 Å². The number of Topliss-reactive ketones (excluding diaryl/α,β-unsaturated/α-hetero) is 1. The number of ketones is 1. The number of hydrogen-bond acceptors (Lipinski definition) is 1. The van der Waals surface area contributed by atoms with Crippen molar-refractivity contribution in [2.45, 2.75) is 71.4 Å². The quantitative estimate of drug-likeness (QED) is 0.582. The highest BCUT2D eigenvalue weighted by Gasteiger charge is 2.58. The molecule has 1 nitrogen and oxygen atoms in total. The predicted molar refractivity (Wildman–Crippen MR) is 81.6 cm³/mol. The van der Waals surface area contributed by atoms with Gasteiger partial charge < -0.3 is 0 Å². The van der Waals surface area contributed by atoms with Crippen molar-refractivity contribution in [1.82, 2.24) is 0 Å². The molecule has 3 fully saturated rings. The molecule has 0 aliphatic heterocycles. The van der Waals surface area contributed by atoms with E-state index < -0.39 is 6.17 Å². The first-order chi connectivity index (χ1) is 9.95. The fourth-order valence-electron chi connectivity index (χ4n) is 6.39. The van der Waals surface area contributed by atoms with Crippen molar-refractivity contribution in [1.29, 1.82) is 0 Å². The molecule has 116 valence electrons. The zero-order valence-corrected chi connectivity index (χ0v) is 13.3. The van der Waals surface area contributed by atoms with Gasteiger partial charge in [-0.05, 0) is 61.7 Å². The summed E-state index contributed by atoms with van der Waals surface area (Å²) in [4.78, 5) is 12.3. The Hall–Kier alpha value is -0.660. The van der Waals surface area contributed by atoms with E-state index in [1.165, 1.54) is 12.0 Å². The van der Waals surface area contributed by atoms with Crippen molar-refractivity contribution < 1.29 is 9.18 Å². The van der Waals surface area contributed by atoms with Crippen LogP contribution in [0.1, 0.15) is 65.2 Å². The maximum atomic E-state index is 13.8. The number of fused-ring (bicyclic) bond motifs is 5. The van der Waals surface area contributed by atoms with Gasteiger partial charge in [-0.15, -0.1) is 0 Å². The van der Waals surface area contributed by atoms with Crippen LogP contribution in [0.2, 0.25) is 0 Å². The van der Waals surface area contributed by atoms with Crippen LogP contribution in [0.3, 0.4) is 0 Å². The van der Waals surface area contributed by atoms with E-state index in [1.807, 2.05) is 0 Å². The molecule has 0 heterocycles. The molecule has 6 atom stereocenters. The van der Waals surface area contributed by atoms with E-state index in [9.17, 15) is 9.18 Å². The van der Waals surface area contributed by atoms with Crippen LogP contribution in [0.15, 0.2) is 11.6 Å². The Labute approximate surface area is 127 Å². The SMILES string of the molecule is C[C@]12CC[C@H](F)CC1=CC[C@H]1[C@H]2CC[C@]2(C)C(=O)CC[C@H]12. The van der Waals surface area contributed by atoms with Gasteiger partial charge in [-0.2, -0.15) is 0 Å². The molecule has 4 aliphatic rings. The summed E-state index contributed by atoms with van der Waals surface area (Å²) in [5.41, 5.74) is 1.58. The molecule has 0 bridgehead atoms. The first-order valence-electron chi connectivity index (χ1n) is 8.82. The average Bonchev–Trinajstić information content (AvgIpc) is 2.76. The summed E-state index contributed by atoms with van der Waals surface area (Å²) in [5, 5.41) is 0. The van der Waals surface area contributed by atoms with Crippen molar-refractivity contribution in [3.63, 3.8) is 0 Å². The molecule has 0 amide bonds. The van der Waals surface area contributed by atoms with Crippen molar-refractivity contribution in [3.05, 3.63) is 11.6 Å². The molecule has 4 aliphatic carbocycles. The van der Waals surface area contributed by atoms with Gasteiger partial charge in [0.1, 0.15) is 12.0 Å². The number of halogens is 1. The zero-order valence-electron chi connectivity index (χ0n) is 13.3. The Morgan fingerprint density at radius 1 is 1.10 bits per heavy atom. The number of allylic oxidation sites excluding steroid dienone is 2. The van der Waals surface area contributed by atoms with Crippen LogP contribution in [0, 0.1) is 28.6 Å². The fourth-order valence-corrected chi connectivity index (χ4v) is 6.39. The highest BCUT2D eigenvalue weighted by molar-refractivity contribution is 5.87. The van der Waals surface area contributed by atoms with Gasteiger partial charge in [-0.25, -0.2) is 4.39 Å². The summed E-state index contributed by atoms with van der Waals surface area (Å²) in [7, 11) is 0. The van der Waals surface area contributed by atoms with E-state index in [0.717, 1.165) is 38.5 Å². The number of alkyl halides is 1. The van der Waals surface area contributed by atoms with Crippen LogP contribution in [0.25, 0.3) is 0 Å². The van der Waals surface area contributed by atoms with Gasteiger partial charge in [0.25, 0.3) is 0 Å². The van der Waals surface area contributed by atoms with Gasteiger partial charge in [0.05, 0.1) is 0 Å². The highest BCUT2D eigenvalue weighted by atomic mass is 19.1. The van der Waals surface area contributed by atoms with Gasteiger partial charge in [0.15, 0.2) is 0 Å². The summed E-state index contributed by atoms with van der Waals surface area (Å²) in [5.74, 6) is 2.45. The van der Waals surface area contributed by atoms with E-state index in [2.05, 4.69) is 19.9 Å². The summed E-state index contributed by atoms with van der Waals surface area (Å²) >= 11 is 0. The summed E-state index contributed by atoms with van der Waals surface area (Å²) < 4.78 is 13.8. The van der Waals surface area contributed by atoms with Crippen molar-refractivity contribution in [2.75, 3.05) is 0 Å². The number of carbonyl (C=O) groups is 1. The molecule has 0 aromatic heterocycles. The largest absolute Gasteiger partial charge is 0.299 e. The second-order valence-electron chi connectivity index (χ2n) is 8.52. The fraction of sp³-hybridized carbons (Fsp3) is 0.842. The highest BCUT2D eigenvalue weighted by Crippen LogP contribution is 2.64. The molecule has 4 rings (SSSR count). The van der Waals surface area contributed by atoms with Gasteiger partial charge in [-0.3, -0.25) is 4.79 Å². The molecular formula is C19H27FO. The van der Waals surface area contributed by atoms with Crippen LogP contribution in [-0.2, 0) is 4.79 Å². The minimum atomic E-state index is -0.622. The summed E-state index contributed by atoms with van der Waals surface area (Å²) in [6.45, 7) is 4.62. The lowest BCUT2D eigenvalue weighted by Gasteiger charge is -2.56. The summed E-state index contributed by atoms with van der Waals surface area (Å²) in [6, 6.07) is 0. The molecule has 0 aromatic carbocycles. The van der Waals surface area contributed by atoms with Crippen LogP contribution < -0.4 is 0 Å². The normalized spacial score (nSPS) is 52.7. The Morgan fingerprint density at radius 3 is 2.62 bits per heavy atom. The van der Waals surface area contributed by atoms with Crippen molar-refractivity contribution >= 4 is 5.78 Å². The minimum Gasteiger partial charge on any atom is -0.299 e. The minimum absolute atomic E-state index is 0.0415. The molecule has 0 N–H and O–H groups in total. The third-order valence-corrected chi connectivity index (χ3v) is 7.75. The summed E-state index contributed by atoms with van der Waals surface area (Å²) in [6.07, 6.45) is 9.39. The molecule has 0 saturated heterocycles. The standard InChI is InChI=1S/C19H27FO/c1-18-9-7-13(20)11-12(18)3-4-14-15-5-6-17(21)19(15,2)10-8-16(14)18/h3,13-16H,4-11H2,1-2H3/t13-,14+,15+,16+,18-,19-/m0/s1. The van der Waals surface area contributed by atoms with E-state index >= 15 is 0 Å². The van der Waals surface area contributed by atoms with E-state index in [0.29, 0.717) is 30.0 Å². The maximum Gasteiger partial charge on any atom is 0.139 e. The molecule has 2 heteroatoms. The van der Waals surface area contributed by atoms with Crippen molar-refractivity contribution in [2.24, 2.45) is 28.6 Å². The first kappa shape index (κ1) is 14.0. The second-order valence-corrected chi connectivity index (χ2v) is 8.52. The second kappa shape index (κ2) is 4.43. The van der Waals surface area contributed by atoms with Gasteiger partial charge in [0.2, 0.25) is 0 Å². The number of rotatable bonds is 0. The van der Waals surface area contributed by atoms with Crippen LogP contribution in [0.5, 0.6) is 0 Å². The Morgan fingerprint density at radius 2 is 1.81 bits per heavy atom. The smallest absolute Gasteiger partial charge is 0.139 e. The van der Waals surface area contributed by atoms with Crippen LogP contribution >= 0.6 is 0 Å². The van der Waals surface area contributed by atoms with E-state index in [1.54, 1.807) is 0 Å². The first-order valence-corrected chi connectivity index (χ1v) is 8.82. The molecule has 0 unspecified atom stereocenters. The monoisotopic (exact) mass is 290 g/mol. The molecule has 21 heavy (non-hydrogen) atoms. The van der Waals surface area contributed by atoms with Gasteiger partial charge >= 0.3 is 0 Å². The molecule has 0 spiro atoms. The molecule has 0 radical (unpaired) electrons. The zero-order chi connectivity index (χ0) is 14.8. The lowest BCUT2D eigenvalue weighted by atomic mass is 9.48. The Bertz CT molecular complexity index is 510. The third kappa shape index (κ3) is 1.77. The Kier molecular flexibility index (Phi) is 2.94. The molecule has 3 saturated carbocycles. The van der Waals surface area contributed by atoms with Crippen LogP contribution in [-0.4, -0.2) is 12.0 Å².